The summed E-state index contributed by atoms with van der Waals surface area (Å²) in [4.78, 5) is 40.9. The Morgan fingerprint density at radius 3 is 1.78 bits per heavy atom. The number of H-pyrrole nitrogens is 1. The Hall–Kier alpha value is -5.90. The average molecular weight is 737 g/mol. The van der Waals surface area contributed by atoms with Crippen molar-refractivity contribution in [3.05, 3.63) is 143 Å². The molecule has 15 heteroatoms. The van der Waals surface area contributed by atoms with Crippen molar-refractivity contribution in [3.8, 4) is 55.9 Å². The molecule has 0 unspecified atom stereocenters. The van der Waals surface area contributed by atoms with Crippen LogP contribution in [0.5, 0.6) is 0 Å². The number of pyridine rings is 1. The lowest BCUT2D eigenvalue weighted by atomic mass is 10.2. The zero-order valence-corrected chi connectivity index (χ0v) is 29.1. The van der Waals surface area contributed by atoms with Gasteiger partial charge in [0, 0.05) is 24.4 Å². The number of hydrogen-bond donors (Lipinski definition) is 2. The smallest absolute Gasteiger partial charge is 0.267 e. The largest absolute Gasteiger partial charge is 0.398 e. The summed E-state index contributed by atoms with van der Waals surface area (Å²) in [5.41, 5.74) is 8.61. The molecule has 7 aromatic heterocycles. The third-order valence-electron chi connectivity index (χ3n) is 6.33. The molecular formula is C35H25ClN8O3S3. The van der Waals surface area contributed by atoms with Gasteiger partial charge in [0.05, 0.1) is 25.9 Å². The number of thiophene rings is 3. The Balaban J connectivity index is 0.000000155. The molecule has 248 valence electrons. The molecule has 0 spiro atoms. The SMILES string of the molecule is C#CCn1nc(-c2cccs2)ccc1=O.Nc1cc(Cl)ncc1C#CCn1nc(-c2cccs2)ccc1=O.O=c1ccc(-c2cccs2)n[nH]1. The summed E-state index contributed by atoms with van der Waals surface area (Å²) in [5, 5.41) is 21.0. The standard InChI is InChI=1S/C16H11ClN4OS.C11H8N2OS.C8H6N2OS/c17-15-9-12(18)11(10-19-15)3-1-7-21-16(22)6-5-13(20-21)14-4-2-8-23-14;1-2-7-13-11(14)6-5-9(12-13)10-4-3-8-15-10;11-8-4-3-6(9-10-8)7-2-1-5-12-7/h2,4-6,8-10H,7H2,(H2,18,19);1,3-6,8H,7H2;1-5H,(H,10,11). The predicted octanol–water partition coefficient (Wildman–Crippen LogP) is 5.76. The number of nitrogens with one attached hydrogen (secondary N) is 1. The summed E-state index contributed by atoms with van der Waals surface area (Å²) in [6.45, 7) is 0.373. The Kier molecular flexibility index (Phi) is 12.4. The zero-order valence-electron chi connectivity index (χ0n) is 25.9. The van der Waals surface area contributed by atoms with E-state index < -0.39 is 0 Å². The van der Waals surface area contributed by atoms with E-state index in [4.69, 9.17) is 23.8 Å². The van der Waals surface area contributed by atoms with Crippen molar-refractivity contribution in [1.82, 2.24) is 34.7 Å². The molecule has 7 aromatic rings. The van der Waals surface area contributed by atoms with Gasteiger partial charge in [0.1, 0.15) is 35.3 Å². The number of rotatable bonds is 5. The first-order valence-electron chi connectivity index (χ1n) is 14.5. The van der Waals surface area contributed by atoms with Crippen LogP contribution in [0.3, 0.4) is 0 Å². The quantitative estimate of drug-likeness (QED) is 0.167. The maximum Gasteiger partial charge on any atom is 0.267 e. The molecule has 0 atom stereocenters. The summed E-state index contributed by atoms with van der Waals surface area (Å²) < 4.78 is 2.61. The third kappa shape index (κ3) is 9.82. The van der Waals surface area contributed by atoms with Gasteiger partial charge in [-0.25, -0.2) is 19.4 Å². The minimum Gasteiger partial charge on any atom is -0.398 e. The lowest BCUT2D eigenvalue weighted by molar-refractivity contribution is 0.667. The van der Waals surface area contributed by atoms with Crippen molar-refractivity contribution >= 4 is 51.3 Å². The molecular weight excluding hydrogens is 712 g/mol. The average Bonchev–Trinajstić information content (AvgIpc) is 3.94. The predicted molar refractivity (Wildman–Crippen MR) is 201 cm³/mol. The molecule has 0 aliphatic carbocycles. The molecule has 11 nitrogen and oxygen atoms in total. The maximum atomic E-state index is 11.9. The second-order valence-corrected chi connectivity index (χ2v) is 13.0. The fourth-order valence-electron chi connectivity index (χ4n) is 3.99. The van der Waals surface area contributed by atoms with Crippen molar-refractivity contribution in [3.63, 3.8) is 0 Å². The Morgan fingerprint density at radius 1 is 0.760 bits per heavy atom. The lowest BCUT2D eigenvalue weighted by Gasteiger charge is -2.02. The van der Waals surface area contributed by atoms with Gasteiger partial charge in [-0.1, -0.05) is 47.6 Å². The van der Waals surface area contributed by atoms with Crippen LogP contribution in [0.1, 0.15) is 5.56 Å². The molecule has 0 bridgehead atoms. The van der Waals surface area contributed by atoms with Gasteiger partial charge in [-0.3, -0.25) is 14.4 Å². The van der Waals surface area contributed by atoms with E-state index in [9.17, 15) is 14.4 Å². The number of anilines is 1. The highest BCUT2D eigenvalue weighted by atomic mass is 35.5. The van der Waals surface area contributed by atoms with Crippen LogP contribution in [0.15, 0.2) is 116 Å². The summed E-state index contributed by atoms with van der Waals surface area (Å²) in [5.74, 6) is 8.16. The van der Waals surface area contributed by atoms with Crippen molar-refractivity contribution < 1.29 is 0 Å². The normalized spacial score (nSPS) is 10.0. The van der Waals surface area contributed by atoms with Crippen LogP contribution >= 0.6 is 45.6 Å². The van der Waals surface area contributed by atoms with Crippen LogP contribution in [0.2, 0.25) is 5.15 Å². The number of nitrogens with two attached hydrogens (primary N) is 1. The van der Waals surface area contributed by atoms with E-state index in [0.29, 0.717) is 16.4 Å². The van der Waals surface area contributed by atoms with Gasteiger partial charge in [0.15, 0.2) is 0 Å². The van der Waals surface area contributed by atoms with E-state index >= 15 is 0 Å². The highest BCUT2D eigenvalue weighted by Crippen LogP contribution is 2.22. The molecule has 0 aromatic carbocycles. The van der Waals surface area contributed by atoms with Crippen molar-refractivity contribution in [2.45, 2.75) is 13.1 Å². The van der Waals surface area contributed by atoms with E-state index in [1.54, 1.807) is 52.2 Å². The molecule has 0 saturated carbocycles. The Morgan fingerprint density at radius 2 is 1.30 bits per heavy atom. The molecule has 0 fully saturated rings. The zero-order chi connectivity index (χ0) is 35.3. The van der Waals surface area contributed by atoms with Crippen molar-refractivity contribution in [2.24, 2.45) is 0 Å². The number of aromatic nitrogens is 7. The maximum absolute atomic E-state index is 11.9. The van der Waals surface area contributed by atoms with Crippen LogP contribution in [-0.2, 0) is 13.1 Å². The van der Waals surface area contributed by atoms with E-state index in [0.717, 1.165) is 31.7 Å². The fraction of sp³-hybridized carbons (Fsp3) is 0.0571. The highest BCUT2D eigenvalue weighted by Gasteiger charge is 2.05. The molecule has 0 aliphatic rings. The first-order chi connectivity index (χ1) is 24.3. The molecule has 0 amide bonds. The van der Waals surface area contributed by atoms with Gasteiger partial charge < -0.3 is 5.73 Å². The molecule has 0 radical (unpaired) electrons. The summed E-state index contributed by atoms with van der Waals surface area (Å²) in [7, 11) is 0. The molecule has 50 heavy (non-hydrogen) atoms. The van der Waals surface area contributed by atoms with E-state index in [1.807, 2.05) is 52.5 Å². The number of aromatic amines is 1. The van der Waals surface area contributed by atoms with Gasteiger partial charge in [-0.2, -0.15) is 15.3 Å². The number of nitrogens with zero attached hydrogens (tertiary/aromatic N) is 6. The number of hydrogen-bond acceptors (Lipinski definition) is 11. The third-order valence-corrected chi connectivity index (χ3v) is 9.21. The van der Waals surface area contributed by atoms with Gasteiger partial charge >= 0.3 is 0 Å². The van der Waals surface area contributed by atoms with Crippen LogP contribution < -0.4 is 22.4 Å². The van der Waals surface area contributed by atoms with Crippen LogP contribution in [0, 0.1) is 24.2 Å². The summed E-state index contributed by atoms with van der Waals surface area (Å²) in [6, 6.07) is 22.8. The van der Waals surface area contributed by atoms with Gasteiger partial charge in [-0.15, -0.1) is 40.4 Å². The second-order valence-electron chi connectivity index (χ2n) is 9.77. The van der Waals surface area contributed by atoms with Crippen LogP contribution in [-0.4, -0.2) is 34.7 Å². The minimum atomic E-state index is -0.207. The number of terminal acetylenes is 1. The van der Waals surface area contributed by atoms with E-state index in [2.05, 4.69) is 43.1 Å². The molecule has 7 heterocycles. The Bertz CT molecular complexity index is 2430. The van der Waals surface area contributed by atoms with E-state index in [1.165, 1.54) is 39.8 Å². The van der Waals surface area contributed by atoms with Crippen molar-refractivity contribution in [2.75, 3.05) is 5.73 Å². The summed E-state index contributed by atoms with van der Waals surface area (Å²) in [6.07, 6.45) is 6.65. The fourth-order valence-corrected chi connectivity index (χ4v) is 6.23. The van der Waals surface area contributed by atoms with Gasteiger partial charge in [0.2, 0.25) is 0 Å². The monoisotopic (exact) mass is 736 g/mol. The summed E-state index contributed by atoms with van der Waals surface area (Å²) >= 11 is 10.5. The molecule has 3 N–H and O–H groups in total. The molecule has 7 rings (SSSR count). The first-order valence-corrected chi connectivity index (χ1v) is 17.5. The molecule has 0 saturated heterocycles. The number of nitrogen functional groups attached to an aromatic ring is 1. The van der Waals surface area contributed by atoms with Crippen molar-refractivity contribution in [1.29, 1.82) is 0 Å². The molecule has 0 aliphatic heterocycles. The minimum absolute atomic E-state index is 0.167. The first kappa shape index (κ1) is 35.4. The van der Waals surface area contributed by atoms with Crippen LogP contribution in [0.25, 0.3) is 31.7 Å². The van der Waals surface area contributed by atoms with Gasteiger partial charge in [0.25, 0.3) is 16.7 Å². The lowest BCUT2D eigenvalue weighted by Crippen LogP contribution is -2.21. The second kappa shape index (κ2) is 17.5. The van der Waals surface area contributed by atoms with Gasteiger partial charge in [-0.05, 0) is 58.6 Å². The topological polar surface area (TPSA) is 154 Å². The Labute approximate surface area is 302 Å². The highest BCUT2D eigenvalue weighted by molar-refractivity contribution is 7.14. The van der Waals surface area contributed by atoms with Crippen LogP contribution in [0.4, 0.5) is 5.69 Å². The number of halogens is 1. The van der Waals surface area contributed by atoms with E-state index in [-0.39, 0.29) is 29.8 Å².